The monoisotopic (exact) mass is 647 g/mol. The number of phenolic OH excluding ortho intramolecular Hbond substituents is 1. The number of aliphatic hydroxyl groups excluding tert-OH is 2. The second-order valence-electron chi connectivity index (χ2n) is 12.7. The molecule has 3 aromatic rings. The second-order valence-corrected chi connectivity index (χ2v) is 12.7. The maximum Gasteiger partial charge on any atom is 0.200 e. The fraction of sp³-hybridized carbons (Fsp3) is 0.500. The standard InChI is InChI=1S/C36H45N3O8/c1-4-38-18-46-27-16-25(44-12-11-37-2)21-9-10-22-30-24(39-36(42)33(27)32(21)30)15-26-31(22)34(40)23(17-45-26)19-13-28(43-3)35(41)29(14-19)47-20-7-5-6-8-20/h13-16,20,23,34,36-42H,4-12,17-18H2,1-3H3. The molecule has 11 heteroatoms. The molecule has 0 spiro atoms. The highest BCUT2D eigenvalue weighted by molar-refractivity contribution is 5.93. The van der Waals surface area contributed by atoms with Crippen molar-refractivity contribution < 1.29 is 39.0 Å². The molecule has 0 amide bonds. The van der Waals surface area contributed by atoms with Crippen molar-refractivity contribution in [3.05, 3.63) is 52.1 Å². The highest BCUT2D eigenvalue weighted by atomic mass is 16.5. The second kappa shape index (κ2) is 13.3. The number of phenols is 1. The van der Waals surface area contributed by atoms with Gasteiger partial charge in [-0.15, -0.1) is 0 Å². The Morgan fingerprint density at radius 3 is 2.49 bits per heavy atom. The van der Waals surface area contributed by atoms with Gasteiger partial charge in [-0.25, -0.2) is 0 Å². The third-order valence-corrected chi connectivity index (χ3v) is 9.86. The van der Waals surface area contributed by atoms with E-state index in [0.717, 1.165) is 77.0 Å². The van der Waals surface area contributed by atoms with E-state index in [1.807, 2.05) is 32.2 Å². The van der Waals surface area contributed by atoms with E-state index in [9.17, 15) is 15.3 Å². The van der Waals surface area contributed by atoms with Crippen LogP contribution in [0.25, 0.3) is 11.1 Å². The Morgan fingerprint density at radius 1 is 0.936 bits per heavy atom. The van der Waals surface area contributed by atoms with Gasteiger partial charge in [0.05, 0.1) is 31.5 Å². The van der Waals surface area contributed by atoms with Crippen LogP contribution in [0, 0.1) is 0 Å². The molecule has 6 N–H and O–H groups in total. The summed E-state index contributed by atoms with van der Waals surface area (Å²) in [6.45, 7) is 4.42. The molecule has 47 heavy (non-hydrogen) atoms. The maximum atomic E-state index is 12.2. The van der Waals surface area contributed by atoms with E-state index in [0.29, 0.717) is 54.6 Å². The predicted molar refractivity (Wildman–Crippen MR) is 177 cm³/mol. The van der Waals surface area contributed by atoms with Crippen molar-refractivity contribution in [3.8, 4) is 45.6 Å². The molecule has 3 atom stereocenters. The van der Waals surface area contributed by atoms with Crippen molar-refractivity contribution in [1.29, 1.82) is 0 Å². The average molecular weight is 648 g/mol. The highest BCUT2D eigenvalue weighted by Crippen LogP contribution is 2.57. The van der Waals surface area contributed by atoms with Gasteiger partial charge in [0.25, 0.3) is 0 Å². The molecule has 0 aromatic heterocycles. The molecule has 1 fully saturated rings. The molecule has 0 bridgehead atoms. The summed E-state index contributed by atoms with van der Waals surface area (Å²) < 4.78 is 30.6. The van der Waals surface area contributed by atoms with Crippen LogP contribution in [0.5, 0.6) is 34.5 Å². The number of likely N-dealkylation sites (N-methyl/N-ethyl adjacent to an activating group) is 1. The number of hydrogen-bond acceptors (Lipinski definition) is 11. The van der Waals surface area contributed by atoms with E-state index in [1.165, 1.54) is 7.11 Å². The Hall–Kier alpha value is -3.90. The van der Waals surface area contributed by atoms with Gasteiger partial charge < -0.3 is 49.6 Å². The van der Waals surface area contributed by atoms with E-state index < -0.39 is 18.2 Å². The van der Waals surface area contributed by atoms with Gasteiger partial charge in [-0.3, -0.25) is 5.32 Å². The van der Waals surface area contributed by atoms with Crippen molar-refractivity contribution in [2.45, 2.75) is 69.8 Å². The number of methoxy groups -OCH3 is 1. The van der Waals surface area contributed by atoms with Crippen molar-refractivity contribution in [3.63, 3.8) is 0 Å². The molecule has 0 saturated heterocycles. The molecular weight excluding hydrogens is 602 g/mol. The summed E-state index contributed by atoms with van der Waals surface area (Å²) in [5.74, 6) is 2.06. The van der Waals surface area contributed by atoms with Crippen LogP contribution in [0.3, 0.4) is 0 Å². The Bertz CT molecular complexity index is 1640. The van der Waals surface area contributed by atoms with Gasteiger partial charge in [-0.1, -0.05) is 6.92 Å². The Kier molecular flexibility index (Phi) is 8.97. The fourth-order valence-electron chi connectivity index (χ4n) is 7.54. The van der Waals surface area contributed by atoms with E-state index in [2.05, 4.69) is 16.0 Å². The van der Waals surface area contributed by atoms with Gasteiger partial charge >= 0.3 is 0 Å². The van der Waals surface area contributed by atoms with Crippen molar-refractivity contribution in [2.24, 2.45) is 0 Å². The van der Waals surface area contributed by atoms with Gasteiger partial charge in [0.15, 0.2) is 17.7 Å². The number of nitrogens with one attached hydrogen (secondary N) is 3. The molecule has 0 radical (unpaired) electrons. The molecule has 11 nitrogen and oxygen atoms in total. The SMILES string of the molecule is CCNCOc1cc(OCCNC)c2c3c1C(O)Nc1cc4c(c(c1-3)CC2)C(O)C(c1cc(OC)c(O)c(OC2CCCC2)c1)CO4. The van der Waals surface area contributed by atoms with Gasteiger partial charge in [-0.2, -0.15) is 0 Å². The minimum atomic E-state index is -1.01. The quantitative estimate of drug-likeness (QED) is 0.121. The first-order valence-corrected chi connectivity index (χ1v) is 16.8. The first kappa shape index (κ1) is 31.7. The first-order valence-electron chi connectivity index (χ1n) is 16.8. The Labute approximate surface area is 275 Å². The predicted octanol–water partition coefficient (Wildman–Crippen LogP) is 4.66. The number of aromatic hydroxyl groups is 1. The third-order valence-electron chi connectivity index (χ3n) is 9.86. The average Bonchev–Trinajstić information content (AvgIpc) is 3.58. The lowest BCUT2D eigenvalue weighted by Gasteiger charge is -2.39. The number of ether oxygens (including phenoxy) is 5. The van der Waals surface area contributed by atoms with Crippen LogP contribution in [0.1, 0.15) is 78.7 Å². The molecule has 2 aliphatic heterocycles. The lowest BCUT2D eigenvalue weighted by molar-refractivity contribution is 0.0876. The van der Waals surface area contributed by atoms with Crippen LogP contribution in [0.4, 0.5) is 5.69 Å². The van der Waals surface area contributed by atoms with Gasteiger partial charge in [0.2, 0.25) is 5.75 Å². The number of hydrogen-bond donors (Lipinski definition) is 6. The molecule has 2 aliphatic carbocycles. The summed E-state index contributed by atoms with van der Waals surface area (Å²) in [4.78, 5) is 0. The topological polar surface area (TPSA) is 143 Å². The summed E-state index contributed by atoms with van der Waals surface area (Å²) in [5, 5.41) is 44.1. The molecule has 1 saturated carbocycles. The zero-order valence-electron chi connectivity index (χ0n) is 27.3. The smallest absolute Gasteiger partial charge is 0.200 e. The zero-order valence-corrected chi connectivity index (χ0v) is 27.3. The lowest BCUT2D eigenvalue weighted by atomic mass is 9.74. The summed E-state index contributed by atoms with van der Waals surface area (Å²) in [5.41, 5.74) is 6.70. The Morgan fingerprint density at radius 2 is 1.72 bits per heavy atom. The number of aliphatic hydroxyl groups is 2. The van der Waals surface area contributed by atoms with Crippen LogP contribution in [-0.4, -0.2) is 68.6 Å². The molecule has 252 valence electrons. The summed E-state index contributed by atoms with van der Waals surface area (Å²) >= 11 is 0. The fourth-order valence-corrected chi connectivity index (χ4v) is 7.54. The van der Waals surface area contributed by atoms with Gasteiger partial charge in [0, 0.05) is 52.5 Å². The van der Waals surface area contributed by atoms with E-state index in [1.54, 1.807) is 6.07 Å². The molecular formula is C36H45N3O8. The number of benzene rings is 3. The van der Waals surface area contributed by atoms with Crippen molar-refractivity contribution >= 4 is 5.69 Å². The van der Waals surface area contributed by atoms with Crippen molar-refractivity contribution in [2.75, 3.05) is 52.5 Å². The molecule has 3 unspecified atom stereocenters. The van der Waals surface area contributed by atoms with E-state index in [-0.39, 0.29) is 25.2 Å². The molecule has 3 aromatic carbocycles. The van der Waals surface area contributed by atoms with Crippen LogP contribution in [0.15, 0.2) is 24.3 Å². The van der Waals surface area contributed by atoms with Crippen LogP contribution < -0.4 is 39.6 Å². The highest BCUT2D eigenvalue weighted by Gasteiger charge is 2.41. The normalized spacial score (nSPS) is 20.9. The van der Waals surface area contributed by atoms with Crippen LogP contribution in [0.2, 0.25) is 0 Å². The summed E-state index contributed by atoms with van der Waals surface area (Å²) in [6, 6.07) is 7.35. The summed E-state index contributed by atoms with van der Waals surface area (Å²) in [6.07, 6.45) is 3.54. The molecule has 4 aliphatic rings. The van der Waals surface area contributed by atoms with Gasteiger partial charge in [0.1, 0.15) is 30.6 Å². The van der Waals surface area contributed by atoms with Gasteiger partial charge in [-0.05, 0) is 75.4 Å². The van der Waals surface area contributed by atoms with Crippen LogP contribution in [-0.2, 0) is 12.8 Å². The zero-order chi connectivity index (χ0) is 32.7. The summed E-state index contributed by atoms with van der Waals surface area (Å²) in [7, 11) is 3.40. The minimum Gasteiger partial charge on any atom is -0.502 e. The molecule has 7 rings (SSSR count). The van der Waals surface area contributed by atoms with Crippen LogP contribution >= 0.6 is 0 Å². The first-order chi connectivity index (χ1) is 22.9. The molecule has 2 heterocycles. The van der Waals surface area contributed by atoms with Crippen molar-refractivity contribution in [1.82, 2.24) is 10.6 Å². The number of anilines is 1. The number of fused-ring (bicyclic) bond motifs is 2. The van der Waals surface area contributed by atoms with E-state index >= 15 is 0 Å². The third kappa shape index (κ3) is 5.69. The Balaban J connectivity index is 1.31. The minimum absolute atomic E-state index is 0.0346. The maximum absolute atomic E-state index is 12.2. The lowest BCUT2D eigenvalue weighted by Crippen LogP contribution is -2.29. The van der Waals surface area contributed by atoms with E-state index in [4.69, 9.17) is 23.7 Å². The largest absolute Gasteiger partial charge is 0.502 e. The number of rotatable bonds is 12.